The molecule has 1 aliphatic heterocycles. The summed E-state index contributed by atoms with van der Waals surface area (Å²) in [5.41, 5.74) is 3.91. The van der Waals surface area contributed by atoms with Crippen LogP contribution in [0.4, 0.5) is 5.82 Å². The number of aromatic nitrogens is 3. The van der Waals surface area contributed by atoms with Crippen LogP contribution in [0.1, 0.15) is 75.2 Å². The number of rotatable bonds is 5. The lowest BCUT2D eigenvalue weighted by atomic mass is 9.97. The molecule has 2 fully saturated rings. The molecule has 1 N–H and O–H groups in total. The minimum Gasteiger partial charge on any atom is -0.367 e. The van der Waals surface area contributed by atoms with Gasteiger partial charge in [-0.25, -0.2) is 9.97 Å². The normalized spacial score (nSPS) is 23.4. The van der Waals surface area contributed by atoms with E-state index in [2.05, 4.69) is 43.1 Å². The highest BCUT2D eigenvalue weighted by Crippen LogP contribution is 2.35. The van der Waals surface area contributed by atoms with Gasteiger partial charge >= 0.3 is 0 Å². The molecule has 152 valence electrons. The summed E-state index contributed by atoms with van der Waals surface area (Å²) in [7, 11) is 0. The Labute approximate surface area is 168 Å². The number of anilines is 1. The van der Waals surface area contributed by atoms with Crippen LogP contribution in [0.3, 0.4) is 0 Å². The lowest BCUT2D eigenvalue weighted by molar-refractivity contribution is 0.144. The second kappa shape index (κ2) is 7.47. The van der Waals surface area contributed by atoms with Crippen LogP contribution >= 0.6 is 0 Å². The van der Waals surface area contributed by atoms with Crippen molar-refractivity contribution in [3.63, 3.8) is 0 Å². The molecule has 2 atom stereocenters. The minimum absolute atomic E-state index is 0.260. The van der Waals surface area contributed by atoms with Crippen molar-refractivity contribution in [2.45, 2.75) is 91.3 Å². The number of hydrogen-bond acceptors (Lipinski definition) is 6. The maximum Gasteiger partial charge on any atom is 0.143 e. The van der Waals surface area contributed by atoms with Gasteiger partial charge in [0, 0.05) is 36.2 Å². The Balaban J connectivity index is 1.63. The van der Waals surface area contributed by atoms with Gasteiger partial charge in [0.2, 0.25) is 0 Å². The highest BCUT2D eigenvalue weighted by Gasteiger charge is 2.36. The second-order valence-electron chi connectivity index (χ2n) is 8.94. The summed E-state index contributed by atoms with van der Waals surface area (Å²) in [4.78, 5) is 12.5. The lowest BCUT2D eigenvalue weighted by Crippen LogP contribution is -2.46. The molecule has 0 unspecified atom stereocenters. The first-order chi connectivity index (χ1) is 13.3. The summed E-state index contributed by atoms with van der Waals surface area (Å²) in [5, 5.41) is 7.90. The third-order valence-electron chi connectivity index (χ3n) is 6.23. The van der Waals surface area contributed by atoms with E-state index in [1.807, 2.05) is 13.8 Å². The Morgan fingerprint density at radius 1 is 1.11 bits per heavy atom. The smallest absolute Gasteiger partial charge is 0.143 e. The highest BCUT2D eigenvalue weighted by atomic mass is 16.5. The fraction of sp³-hybridized carbons (Fsp3) is 0.682. The topological polar surface area (TPSA) is 67.1 Å². The fourth-order valence-electron chi connectivity index (χ4n) is 4.46. The summed E-state index contributed by atoms with van der Waals surface area (Å²) in [6.07, 6.45) is 5.09. The van der Waals surface area contributed by atoms with Gasteiger partial charge in [-0.05, 0) is 53.4 Å². The zero-order valence-corrected chi connectivity index (χ0v) is 18.0. The van der Waals surface area contributed by atoms with Gasteiger partial charge in [-0.3, -0.25) is 4.90 Å². The van der Waals surface area contributed by atoms with E-state index in [4.69, 9.17) is 14.5 Å². The quantitative estimate of drug-likeness (QED) is 0.813. The van der Waals surface area contributed by atoms with Crippen LogP contribution in [0.15, 0.2) is 4.52 Å². The first-order valence-corrected chi connectivity index (χ1v) is 10.7. The van der Waals surface area contributed by atoms with Crippen LogP contribution in [0.2, 0.25) is 0 Å². The van der Waals surface area contributed by atoms with Crippen LogP contribution in [0.5, 0.6) is 0 Å². The largest absolute Gasteiger partial charge is 0.367 e. The Morgan fingerprint density at radius 3 is 2.43 bits per heavy atom. The van der Waals surface area contributed by atoms with E-state index in [1.165, 1.54) is 25.8 Å². The van der Waals surface area contributed by atoms with Crippen LogP contribution in [-0.2, 0) is 0 Å². The average molecular weight is 384 g/mol. The molecule has 1 saturated carbocycles. The molecule has 6 nitrogen and oxygen atoms in total. The van der Waals surface area contributed by atoms with E-state index >= 15 is 0 Å². The van der Waals surface area contributed by atoms with E-state index in [0.717, 1.165) is 52.4 Å². The van der Waals surface area contributed by atoms with Gasteiger partial charge in [-0.2, -0.15) is 0 Å². The second-order valence-corrected chi connectivity index (χ2v) is 8.94. The zero-order chi connectivity index (χ0) is 20.0. The third kappa shape index (κ3) is 3.66. The van der Waals surface area contributed by atoms with Crippen molar-refractivity contribution in [2.24, 2.45) is 0 Å². The molecule has 1 aliphatic carbocycles. The Bertz CT molecular complexity index is 835. The van der Waals surface area contributed by atoms with E-state index in [9.17, 15) is 0 Å². The lowest BCUT2D eigenvalue weighted by Gasteiger charge is -2.38. The molecule has 0 radical (unpaired) electrons. The predicted octanol–water partition coefficient (Wildman–Crippen LogP) is 4.61. The average Bonchev–Trinajstić information content (AvgIpc) is 3.42. The Morgan fingerprint density at radius 2 is 1.86 bits per heavy atom. The van der Waals surface area contributed by atoms with Crippen molar-refractivity contribution in [1.29, 1.82) is 0 Å². The zero-order valence-electron chi connectivity index (χ0n) is 18.0. The van der Waals surface area contributed by atoms with E-state index in [-0.39, 0.29) is 5.92 Å². The molecule has 28 heavy (non-hydrogen) atoms. The minimum atomic E-state index is 0.260. The summed E-state index contributed by atoms with van der Waals surface area (Å²) in [6.45, 7) is 13.9. The number of aryl methyl sites for hydroxylation is 2. The van der Waals surface area contributed by atoms with Crippen LogP contribution < -0.4 is 5.32 Å². The van der Waals surface area contributed by atoms with Gasteiger partial charge in [-0.15, -0.1) is 0 Å². The number of piperidine rings is 1. The van der Waals surface area contributed by atoms with Crippen molar-refractivity contribution < 1.29 is 4.52 Å². The fourth-order valence-corrected chi connectivity index (χ4v) is 4.46. The van der Waals surface area contributed by atoms with Crippen LogP contribution in [0.25, 0.3) is 11.3 Å². The van der Waals surface area contributed by atoms with Gasteiger partial charge in [0.25, 0.3) is 0 Å². The monoisotopic (exact) mass is 383 g/mol. The third-order valence-corrected chi connectivity index (χ3v) is 6.23. The van der Waals surface area contributed by atoms with E-state index in [0.29, 0.717) is 12.1 Å². The van der Waals surface area contributed by atoms with E-state index < -0.39 is 0 Å². The van der Waals surface area contributed by atoms with Crippen molar-refractivity contribution in [3.05, 3.63) is 22.8 Å². The molecule has 2 aromatic rings. The maximum absolute atomic E-state index is 5.41. The number of nitrogens with one attached hydrogen (secondary N) is 1. The van der Waals surface area contributed by atoms with E-state index in [1.54, 1.807) is 0 Å². The molecule has 1 saturated heterocycles. The number of nitrogens with zero attached hydrogens (tertiary/aromatic N) is 4. The molecule has 4 rings (SSSR count). The van der Waals surface area contributed by atoms with Crippen molar-refractivity contribution in [3.8, 4) is 11.3 Å². The SMILES string of the molecule is Cc1noc(C)c1-c1nc(C(C)C)nc(N[C@H]2CCN(C3CC3)[C@@H](C)C2)c1C. The highest BCUT2D eigenvalue weighted by molar-refractivity contribution is 5.71. The van der Waals surface area contributed by atoms with Crippen molar-refractivity contribution in [1.82, 2.24) is 20.0 Å². The van der Waals surface area contributed by atoms with Gasteiger partial charge in [-0.1, -0.05) is 19.0 Å². The summed E-state index contributed by atoms with van der Waals surface area (Å²) in [5.74, 6) is 2.90. The molecule has 6 heteroatoms. The molecule has 0 amide bonds. The molecule has 2 aromatic heterocycles. The molecule has 3 heterocycles. The van der Waals surface area contributed by atoms with Gasteiger partial charge in [0.1, 0.15) is 17.4 Å². The van der Waals surface area contributed by atoms with Gasteiger partial charge in [0.05, 0.1) is 17.0 Å². The molecule has 0 spiro atoms. The van der Waals surface area contributed by atoms with Crippen LogP contribution in [-0.4, -0.2) is 44.7 Å². The van der Waals surface area contributed by atoms with Crippen molar-refractivity contribution >= 4 is 5.82 Å². The molecule has 0 aromatic carbocycles. The molecule has 0 bridgehead atoms. The van der Waals surface area contributed by atoms with Crippen LogP contribution in [0, 0.1) is 20.8 Å². The molecular formula is C22H33N5O. The van der Waals surface area contributed by atoms with Gasteiger partial charge in [0.15, 0.2) is 0 Å². The number of hydrogen-bond donors (Lipinski definition) is 1. The Hall–Kier alpha value is -1.95. The summed E-state index contributed by atoms with van der Waals surface area (Å²) < 4.78 is 5.41. The maximum atomic E-state index is 5.41. The molecule has 2 aliphatic rings. The van der Waals surface area contributed by atoms with Gasteiger partial charge < -0.3 is 9.84 Å². The first-order valence-electron chi connectivity index (χ1n) is 10.7. The Kier molecular flexibility index (Phi) is 5.17. The predicted molar refractivity (Wildman–Crippen MR) is 112 cm³/mol. The standard InChI is InChI=1S/C22H33N5O/c1-12(2)21-24-20(19-15(5)26-28-16(19)6)14(4)22(25-21)23-17-9-10-27(13(3)11-17)18-7-8-18/h12-13,17-18H,7-11H2,1-6H3,(H,23,24,25)/t13-,17-/m0/s1. The number of likely N-dealkylation sites (tertiary alicyclic amines) is 1. The summed E-state index contributed by atoms with van der Waals surface area (Å²) in [6, 6.07) is 1.93. The molecular weight excluding hydrogens is 350 g/mol. The first kappa shape index (κ1) is 19.4. The van der Waals surface area contributed by atoms with Crippen molar-refractivity contribution in [2.75, 3.05) is 11.9 Å². The summed E-state index contributed by atoms with van der Waals surface area (Å²) >= 11 is 0.